The Morgan fingerprint density at radius 2 is 1.25 bits per heavy atom. The highest BCUT2D eigenvalue weighted by Gasteiger charge is 2.31. The standard InChI is InChI=1S/C24H33NO3/c1-22(2,3)16-14-17(23(4,5)6)21(18(15-16)24(7,8)9)28-20-13-11-10-12-19(20)25(26)27/h10-15H,1-9H3. The third-order valence-electron chi connectivity index (χ3n) is 4.84. The van der Waals surface area contributed by atoms with Crippen LogP contribution in [0, 0.1) is 10.1 Å². The molecule has 2 rings (SSSR count). The Labute approximate surface area is 169 Å². The van der Waals surface area contributed by atoms with Crippen molar-refractivity contribution in [2.45, 2.75) is 78.6 Å². The smallest absolute Gasteiger partial charge is 0.311 e. The van der Waals surface area contributed by atoms with Crippen molar-refractivity contribution in [3.8, 4) is 11.5 Å². The van der Waals surface area contributed by atoms with Crippen molar-refractivity contribution in [1.29, 1.82) is 0 Å². The molecule has 0 amide bonds. The number of para-hydroxylation sites is 2. The third-order valence-corrected chi connectivity index (χ3v) is 4.84. The molecule has 0 unspecified atom stereocenters. The molecule has 4 heteroatoms. The van der Waals surface area contributed by atoms with Crippen LogP contribution in [0.1, 0.15) is 79.0 Å². The molecule has 0 N–H and O–H groups in total. The van der Waals surface area contributed by atoms with Crippen LogP contribution in [0.2, 0.25) is 0 Å². The Kier molecular flexibility index (Phi) is 5.66. The van der Waals surface area contributed by atoms with E-state index in [9.17, 15) is 10.1 Å². The molecular formula is C24H33NO3. The minimum absolute atomic E-state index is 0.0166. The molecule has 152 valence electrons. The molecule has 0 atom stereocenters. The van der Waals surface area contributed by atoms with Gasteiger partial charge >= 0.3 is 5.69 Å². The quantitative estimate of drug-likeness (QED) is 0.413. The van der Waals surface area contributed by atoms with Crippen LogP contribution in [-0.4, -0.2) is 4.92 Å². The summed E-state index contributed by atoms with van der Waals surface area (Å²) in [5.41, 5.74) is 2.95. The van der Waals surface area contributed by atoms with Crippen LogP contribution < -0.4 is 4.74 Å². The summed E-state index contributed by atoms with van der Waals surface area (Å²) >= 11 is 0. The van der Waals surface area contributed by atoms with Crippen molar-refractivity contribution in [1.82, 2.24) is 0 Å². The van der Waals surface area contributed by atoms with Crippen molar-refractivity contribution >= 4 is 5.69 Å². The van der Waals surface area contributed by atoms with E-state index >= 15 is 0 Å². The molecule has 2 aromatic carbocycles. The molecule has 28 heavy (non-hydrogen) atoms. The van der Waals surface area contributed by atoms with Gasteiger partial charge in [-0.3, -0.25) is 10.1 Å². The maximum absolute atomic E-state index is 11.5. The number of nitro groups is 1. The molecule has 0 radical (unpaired) electrons. The second kappa shape index (κ2) is 7.23. The lowest BCUT2D eigenvalue weighted by Crippen LogP contribution is -2.22. The molecule has 0 saturated heterocycles. The molecule has 0 saturated carbocycles. The monoisotopic (exact) mass is 383 g/mol. The van der Waals surface area contributed by atoms with E-state index in [0.29, 0.717) is 0 Å². The molecule has 0 heterocycles. The highest BCUT2D eigenvalue weighted by Crippen LogP contribution is 2.45. The fourth-order valence-corrected chi connectivity index (χ4v) is 3.09. The maximum Gasteiger partial charge on any atom is 0.311 e. The second-order valence-electron chi connectivity index (χ2n) is 10.5. The fourth-order valence-electron chi connectivity index (χ4n) is 3.09. The van der Waals surface area contributed by atoms with Crippen molar-refractivity contribution in [3.63, 3.8) is 0 Å². The Morgan fingerprint density at radius 3 is 1.64 bits per heavy atom. The predicted molar refractivity (Wildman–Crippen MR) is 116 cm³/mol. The van der Waals surface area contributed by atoms with Crippen LogP contribution in [0.5, 0.6) is 11.5 Å². The zero-order valence-electron chi connectivity index (χ0n) is 18.6. The molecule has 2 aromatic rings. The van der Waals surface area contributed by atoms with E-state index in [1.54, 1.807) is 18.2 Å². The lowest BCUT2D eigenvalue weighted by Gasteiger charge is -2.33. The lowest BCUT2D eigenvalue weighted by atomic mass is 9.74. The van der Waals surface area contributed by atoms with Crippen molar-refractivity contribution in [2.75, 3.05) is 0 Å². The molecule has 0 aliphatic heterocycles. The molecular weight excluding hydrogens is 350 g/mol. The largest absolute Gasteiger partial charge is 0.450 e. The number of ether oxygens (including phenoxy) is 1. The van der Waals surface area contributed by atoms with Gasteiger partial charge in [0.1, 0.15) is 5.75 Å². The molecule has 4 nitrogen and oxygen atoms in total. The number of hydrogen-bond donors (Lipinski definition) is 0. The van der Waals surface area contributed by atoms with Crippen molar-refractivity contribution < 1.29 is 9.66 Å². The number of nitro benzene ring substituents is 1. The van der Waals surface area contributed by atoms with Crippen LogP contribution >= 0.6 is 0 Å². The van der Waals surface area contributed by atoms with Gasteiger partial charge < -0.3 is 4.74 Å². The summed E-state index contributed by atoms with van der Waals surface area (Å²) in [4.78, 5) is 11.1. The van der Waals surface area contributed by atoms with Gasteiger partial charge in [0.15, 0.2) is 0 Å². The summed E-state index contributed by atoms with van der Waals surface area (Å²) in [6, 6.07) is 10.9. The molecule has 0 fully saturated rings. The molecule has 0 bridgehead atoms. The Balaban J connectivity index is 2.84. The highest BCUT2D eigenvalue weighted by molar-refractivity contribution is 5.56. The number of nitrogens with zero attached hydrogens (tertiary/aromatic N) is 1. The third kappa shape index (κ3) is 4.73. The van der Waals surface area contributed by atoms with E-state index < -0.39 is 4.92 Å². The average molecular weight is 384 g/mol. The lowest BCUT2D eigenvalue weighted by molar-refractivity contribution is -0.385. The van der Waals surface area contributed by atoms with Gasteiger partial charge in [-0.2, -0.15) is 0 Å². The highest BCUT2D eigenvalue weighted by atomic mass is 16.6. The maximum atomic E-state index is 11.5. The van der Waals surface area contributed by atoms with Crippen molar-refractivity contribution in [3.05, 3.63) is 63.2 Å². The zero-order chi connectivity index (χ0) is 21.5. The van der Waals surface area contributed by atoms with Crippen LogP contribution in [0.15, 0.2) is 36.4 Å². The van der Waals surface area contributed by atoms with E-state index in [4.69, 9.17) is 4.74 Å². The summed E-state index contributed by atoms with van der Waals surface area (Å²) in [6.07, 6.45) is 0. The van der Waals surface area contributed by atoms with E-state index in [0.717, 1.165) is 16.9 Å². The van der Waals surface area contributed by atoms with Gasteiger partial charge in [0.2, 0.25) is 5.75 Å². The van der Waals surface area contributed by atoms with Gasteiger partial charge in [-0.1, -0.05) is 86.6 Å². The summed E-state index contributed by atoms with van der Waals surface area (Å²) in [5, 5.41) is 11.5. The minimum Gasteiger partial charge on any atom is -0.450 e. The Morgan fingerprint density at radius 1 is 0.786 bits per heavy atom. The molecule has 0 spiro atoms. The van der Waals surface area contributed by atoms with Crippen LogP contribution in [0.3, 0.4) is 0 Å². The van der Waals surface area contributed by atoms with Crippen molar-refractivity contribution in [2.24, 2.45) is 0 Å². The Bertz CT molecular complexity index is 843. The second-order valence-corrected chi connectivity index (χ2v) is 10.5. The topological polar surface area (TPSA) is 52.4 Å². The van der Waals surface area contributed by atoms with Crippen LogP contribution in [-0.2, 0) is 16.2 Å². The van der Waals surface area contributed by atoms with E-state index in [2.05, 4.69) is 74.4 Å². The van der Waals surface area contributed by atoms with Gasteiger partial charge in [0, 0.05) is 17.2 Å². The van der Waals surface area contributed by atoms with Gasteiger partial charge in [0.25, 0.3) is 0 Å². The van der Waals surface area contributed by atoms with Gasteiger partial charge in [0.05, 0.1) is 4.92 Å². The summed E-state index contributed by atoms with van der Waals surface area (Å²) in [5.74, 6) is 0.995. The normalized spacial score (nSPS) is 12.8. The molecule has 0 aliphatic rings. The van der Waals surface area contributed by atoms with Gasteiger partial charge in [-0.15, -0.1) is 0 Å². The van der Waals surface area contributed by atoms with E-state index in [1.165, 1.54) is 11.6 Å². The first-order valence-corrected chi connectivity index (χ1v) is 9.73. The molecule has 0 aromatic heterocycles. The van der Waals surface area contributed by atoms with E-state index in [1.807, 2.05) is 0 Å². The zero-order valence-corrected chi connectivity index (χ0v) is 18.6. The van der Waals surface area contributed by atoms with Gasteiger partial charge in [-0.25, -0.2) is 0 Å². The van der Waals surface area contributed by atoms with Gasteiger partial charge in [-0.05, 0) is 27.9 Å². The van der Waals surface area contributed by atoms with Crippen LogP contribution in [0.25, 0.3) is 0 Å². The van der Waals surface area contributed by atoms with E-state index in [-0.39, 0.29) is 27.7 Å². The minimum atomic E-state index is -0.396. The first kappa shape index (κ1) is 21.9. The first-order chi connectivity index (χ1) is 12.6. The fraction of sp³-hybridized carbons (Fsp3) is 0.500. The summed E-state index contributed by atoms with van der Waals surface area (Å²) in [6.45, 7) is 19.5. The number of rotatable bonds is 3. The Hall–Kier alpha value is -2.36. The first-order valence-electron chi connectivity index (χ1n) is 9.73. The predicted octanol–water partition coefficient (Wildman–Crippen LogP) is 7.28. The summed E-state index contributed by atoms with van der Waals surface area (Å²) < 4.78 is 6.31. The summed E-state index contributed by atoms with van der Waals surface area (Å²) in [7, 11) is 0. The average Bonchev–Trinajstić information content (AvgIpc) is 2.52. The van der Waals surface area contributed by atoms with Crippen LogP contribution in [0.4, 0.5) is 5.69 Å². The number of benzene rings is 2. The SMILES string of the molecule is CC(C)(C)c1cc(C(C)(C)C)c(Oc2ccccc2[N+](=O)[O-])c(C(C)(C)C)c1. The number of hydrogen-bond acceptors (Lipinski definition) is 3. The molecule has 0 aliphatic carbocycles.